The smallest absolute Gasteiger partial charge is 0.243 e. The van der Waals surface area contributed by atoms with Crippen molar-refractivity contribution in [3.63, 3.8) is 0 Å². The second-order valence-corrected chi connectivity index (χ2v) is 16.1. The molecule has 6 rings (SSSR count). The van der Waals surface area contributed by atoms with Crippen molar-refractivity contribution < 1.29 is 37.4 Å². The van der Waals surface area contributed by atoms with Gasteiger partial charge in [0.05, 0.1) is 74.6 Å². The zero-order valence-corrected chi connectivity index (χ0v) is 38.6. The summed E-state index contributed by atoms with van der Waals surface area (Å²) in [5.74, 6) is 3.31. The third-order valence-electron chi connectivity index (χ3n) is 10.9. The summed E-state index contributed by atoms with van der Waals surface area (Å²) >= 11 is 6.39. The third-order valence-corrected chi connectivity index (χ3v) is 11.1. The minimum atomic E-state index is -0.768. The number of fused-ring (bicyclic) bond motifs is 1. The summed E-state index contributed by atoms with van der Waals surface area (Å²) in [4.78, 5) is 67.9. The molecule has 0 aromatic heterocycles. The Morgan fingerprint density at radius 1 is 0.986 bits per heavy atom. The number of nitrogens with zero attached hydrogens (tertiary/aromatic N) is 6. The second-order valence-electron chi connectivity index (χ2n) is 15.6. The predicted octanol–water partition coefficient (Wildman–Crippen LogP) is 4.90. The van der Waals surface area contributed by atoms with Gasteiger partial charge in [-0.05, 0) is 73.6 Å². The number of hydrogen-bond donors (Lipinski definition) is 5. The molecule has 4 aromatic rings. The van der Waals surface area contributed by atoms with Crippen LogP contribution in [0.15, 0.2) is 116 Å². The molecule has 7 N–H and O–H groups in total. The number of nitrogens with one attached hydrogen (secondary N) is 3. The molecule has 1 unspecified atom stereocenters. The van der Waals surface area contributed by atoms with Gasteiger partial charge in [0.25, 0.3) is 0 Å². The molecule has 3 amide bonds. The van der Waals surface area contributed by atoms with Crippen LogP contribution in [0, 0.1) is 11.6 Å². The van der Waals surface area contributed by atoms with Gasteiger partial charge in [-0.1, -0.05) is 35.9 Å². The van der Waals surface area contributed by atoms with Gasteiger partial charge < -0.3 is 31.7 Å². The van der Waals surface area contributed by atoms with Gasteiger partial charge in [-0.2, -0.15) is 5.10 Å². The second kappa shape index (κ2) is 25.8. The van der Waals surface area contributed by atoms with Crippen molar-refractivity contribution in [1.29, 1.82) is 0 Å². The quantitative estimate of drug-likeness (QED) is 0.0136. The minimum Gasteiger partial charge on any atom is -0.390 e. The van der Waals surface area contributed by atoms with Crippen molar-refractivity contribution in [1.82, 2.24) is 15.5 Å². The summed E-state index contributed by atoms with van der Waals surface area (Å²) in [5.41, 5.74) is 10.6. The molecule has 0 spiro atoms. The van der Waals surface area contributed by atoms with Gasteiger partial charge in [0.1, 0.15) is 23.6 Å². The van der Waals surface area contributed by atoms with Crippen LogP contribution in [0.5, 0.6) is 0 Å². The summed E-state index contributed by atoms with van der Waals surface area (Å²) in [6.07, 6.45) is 5.75. The molecule has 69 heavy (non-hydrogen) atoms. The number of nitrogens with two attached hydrogens (primary N) is 2. The fourth-order valence-corrected chi connectivity index (χ4v) is 7.61. The van der Waals surface area contributed by atoms with Crippen LogP contribution in [-0.4, -0.2) is 124 Å². The number of aliphatic imine (C=N–C) groups is 4. The first-order chi connectivity index (χ1) is 33.5. The molecule has 0 saturated carbocycles. The molecule has 4 aromatic carbocycles. The molecule has 2 heterocycles. The van der Waals surface area contributed by atoms with Crippen molar-refractivity contribution in [2.24, 2.45) is 36.6 Å². The van der Waals surface area contributed by atoms with Crippen LogP contribution in [-0.2, 0) is 30.4 Å². The van der Waals surface area contributed by atoms with E-state index in [2.05, 4.69) is 36.0 Å². The fourth-order valence-electron chi connectivity index (χ4n) is 7.44. The summed E-state index contributed by atoms with van der Waals surface area (Å²) in [6, 6.07) is 20.2. The number of hydrogen-bond acceptors (Lipinski definition) is 14. The summed E-state index contributed by atoms with van der Waals surface area (Å²) < 4.78 is 41.4. The highest BCUT2D eigenvalue weighted by molar-refractivity contribution is 6.38. The van der Waals surface area contributed by atoms with Gasteiger partial charge in [0.2, 0.25) is 17.7 Å². The number of imide groups is 1. The van der Waals surface area contributed by atoms with E-state index in [4.69, 9.17) is 37.6 Å². The van der Waals surface area contributed by atoms with Gasteiger partial charge >= 0.3 is 0 Å². The molecule has 1 fully saturated rings. The number of likely N-dealkylation sites (N-methyl/N-ethyl adjacent to an activating group) is 1. The Morgan fingerprint density at radius 2 is 1.75 bits per heavy atom. The molecule has 0 radical (unpaired) electrons. The van der Waals surface area contributed by atoms with Crippen LogP contribution in [0.3, 0.4) is 0 Å². The van der Waals surface area contributed by atoms with E-state index in [9.17, 15) is 19.2 Å². The Kier molecular flexibility index (Phi) is 19.2. The number of carbonyl (C=O) groups excluding carboxylic acids is 4. The minimum absolute atomic E-state index is 0.00746. The van der Waals surface area contributed by atoms with Crippen molar-refractivity contribution >= 4 is 76.7 Å². The highest BCUT2D eigenvalue weighted by Crippen LogP contribution is 2.30. The Balaban J connectivity index is 0.903. The van der Waals surface area contributed by atoms with Gasteiger partial charge in [-0.25, -0.2) is 18.8 Å². The van der Waals surface area contributed by atoms with Crippen molar-refractivity contribution in [2.45, 2.75) is 31.8 Å². The van der Waals surface area contributed by atoms with Crippen molar-refractivity contribution in [3.05, 3.63) is 141 Å². The fraction of sp³-hybridized carbons (Fsp3) is 0.286. The lowest BCUT2D eigenvalue weighted by Gasteiger charge is -2.30. The average Bonchev–Trinajstić information content (AvgIpc) is 3.47. The lowest BCUT2D eigenvalue weighted by atomic mass is 9.93. The van der Waals surface area contributed by atoms with Crippen LogP contribution in [0.25, 0.3) is 0 Å². The first-order valence-electron chi connectivity index (χ1n) is 22.0. The van der Waals surface area contributed by atoms with Gasteiger partial charge in [0.15, 0.2) is 0 Å². The van der Waals surface area contributed by atoms with E-state index in [-0.39, 0.29) is 54.9 Å². The molecular formula is C49H52ClF2N11O6. The number of piperidine rings is 1. The zero-order valence-electron chi connectivity index (χ0n) is 37.8. The van der Waals surface area contributed by atoms with E-state index in [0.717, 1.165) is 12.6 Å². The third kappa shape index (κ3) is 14.4. The van der Waals surface area contributed by atoms with Gasteiger partial charge in [-0.3, -0.25) is 39.4 Å². The molecule has 17 nitrogen and oxygen atoms in total. The van der Waals surface area contributed by atoms with Gasteiger partial charge in [0, 0.05) is 83.4 Å². The highest BCUT2D eigenvalue weighted by Gasteiger charge is 2.30. The van der Waals surface area contributed by atoms with Crippen LogP contribution in [0.1, 0.15) is 57.4 Å². The van der Waals surface area contributed by atoms with Gasteiger partial charge in [-0.15, -0.1) is 0 Å². The van der Waals surface area contributed by atoms with Crippen molar-refractivity contribution in [2.75, 3.05) is 65.0 Å². The number of hydrazone groups is 1. The van der Waals surface area contributed by atoms with E-state index in [0.29, 0.717) is 114 Å². The van der Waals surface area contributed by atoms with Crippen molar-refractivity contribution in [3.8, 4) is 0 Å². The number of amides is 3. The highest BCUT2D eigenvalue weighted by atomic mass is 35.5. The number of anilines is 1. The molecule has 360 valence electrons. The summed E-state index contributed by atoms with van der Waals surface area (Å²) in [7, 11) is 1.75. The molecule has 0 bridgehead atoms. The summed E-state index contributed by atoms with van der Waals surface area (Å²) in [6.45, 7) is 3.04. The molecule has 1 atom stereocenters. The number of rotatable bonds is 22. The maximum atomic E-state index is 15.1. The van der Waals surface area contributed by atoms with E-state index in [1.54, 1.807) is 78.8 Å². The van der Waals surface area contributed by atoms with E-state index >= 15 is 8.78 Å². The monoisotopic (exact) mass is 963 g/mol. The number of benzene rings is 4. The normalized spacial score (nSPS) is 16.6. The zero-order chi connectivity index (χ0) is 49.1. The first kappa shape index (κ1) is 51.2. The largest absolute Gasteiger partial charge is 0.390 e. The molecular weight excluding hydrogens is 912 g/mol. The van der Waals surface area contributed by atoms with Crippen LogP contribution in [0.2, 0.25) is 5.02 Å². The maximum absolute atomic E-state index is 15.1. The number of aldehydes is 1. The molecule has 2 aliphatic rings. The predicted molar refractivity (Wildman–Crippen MR) is 263 cm³/mol. The Bertz CT molecular complexity index is 2670. The Morgan fingerprint density at radius 3 is 2.48 bits per heavy atom. The Labute approximate surface area is 402 Å². The number of carbonyl (C=O) groups is 4. The topological polar surface area (TPSA) is 240 Å². The lowest BCUT2D eigenvalue weighted by Crippen LogP contribution is -2.51. The molecule has 1 saturated heterocycles. The number of halogens is 3. The van der Waals surface area contributed by atoms with Crippen LogP contribution >= 0.6 is 11.6 Å². The van der Waals surface area contributed by atoms with E-state index in [1.165, 1.54) is 24.4 Å². The summed E-state index contributed by atoms with van der Waals surface area (Å²) in [5, 5.41) is 12.6. The molecule has 2 aliphatic heterocycles. The SMILES string of the molecule is CN(Cc1cc(NC(=O)CCNCCOCCOCCN=CC(=NN)c2ccc(N=C3/C(=C\N=CN)CN=C(c4c(F)cccc4F)c4cc(Cl)ccc43)cc2)ccc1C=O)C1CCC(=O)NC1=O. The lowest BCUT2D eigenvalue weighted by molar-refractivity contribution is -0.137. The maximum Gasteiger partial charge on any atom is 0.243 e. The first-order valence-corrected chi connectivity index (χ1v) is 22.3. The number of ether oxygens (including phenoxy) is 2. The standard InChI is InChI=1S/C49H52ClF2N11O6/c1-63(43-13-14-44(65)61-49(43)67)28-33-23-37(11-7-32(33)29-64)59-45(66)15-16-55-17-19-68-21-22-69-20-18-56-27-42(62-54)31-5-9-36(10-6-31)60-47-34(25-57-30-53)26-58-48(39-24-35(50)8-12-38(39)47)46-40(51)3-2-4-41(46)52/h2-12,23-25,27,29-30,43,55H,13-22,26,28,54H2,1H3,(H2,53,57)(H,59,66)(H,61,65,67)/b34-25-,56-27?,60-47?,62-42?. The Hall–Kier alpha value is -7.16. The molecule has 0 aliphatic carbocycles. The van der Waals surface area contributed by atoms with E-state index in [1.807, 2.05) is 0 Å². The van der Waals surface area contributed by atoms with E-state index < -0.39 is 17.7 Å². The van der Waals surface area contributed by atoms with Crippen LogP contribution in [0.4, 0.5) is 20.2 Å². The average molecular weight is 964 g/mol. The van der Waals surface area contributed by atoms with Crippen LogP contribution < -0.4 is 27.5 Å². The molecule has 20 heteroatoms.